The molecule has 0 amide bonds. The lowest BCUT2D eigenvalue weighted by Gasteiger charge is -2.45. The molecule has 44 heavy (non-hydrogen) atoms. The van der Waals surface area contributed by atoms with Crippen molar-refractivity contribution in [1.29, 1.82) is 0 Å². The van der Waals surface area contributed by atoms with Gasteiger partial charge >= 0.3 is 0 Å². The van der Waals surface area contributed by atoms with E-state index in [1.807, 2.05) is 97.1 Å². The Morgan fingerprint density at radius 1 is 0.477 bits per heavy atom. The molecule has 7 heteroatoms. The predicted molar refractivity (Wildman–Crippen MR) is 166 cm³/mol. The van der Waals surface area contributed by atoms with Gasteiger partial charge in [-0.25, -0.2) is 0 Å². The number of benzene rings is 4. The lowest BCUT2D eigenvalue weighted by Crippen LogP contribution is -2.62. The molecule has 2 saturated heterocycles. The molecule has 0 bridgehead atoms. The minimum absolute atomic E-state index is 0.0666. The summed E-state index contributed by atoms with van der Waals surface area (Å²) < 4.78 is 44.6. The summed E-state index contributed by atoms with van der Waals surface area (Å²) in [6.45, 7) is 3.00. The van der Waals surface area contributed by atoms with Crippen LogP contribution < -0.4 is 0 Å². The molecule has 0 spiro atoms. The second-order valence-electron chi connectivity index (χ2n) is 11.1. The minimum Gasteiger partial charge on any atom is -0.374 e. The molecule has 4 aromatic carbocycles. The molecule has 2 fully saturated rings. The molecule has 6 rings (SSSR count). The molecular weight excluding hydrogens is 556 g/mol. The highest BCUT2D eigenvalue weighted by Crippen LogP contribution is 2.32. The number of rotatable bonds is 16. The molecule has 2 aliphatic heterocycles. The molecule has 0 radical (unpaired) electrons. The largest absolute Gasteiger partial charge is 0.374 e. The summed E-state index contributed by atoms with van der Waals surface area (Å²) in [5.74, 6) is 0. The number of hydrogen-bond donors (Lipinski definition) is 0. The van der Waals surface area contributed by atoms with Crippen LogP contribution in [0.5, 0.6) is 0 Å². The van der Waals surface area contributed by atoms with Crippen LogP contribution in [0.15, 0.2) is 121 Å². The van der Waals surface area contributed by atoms with Crippen molar-refractivity contribution in [2.75, 3.05) is 19.8 Å². The molecule has 0 saturated carbocycles. The molecule has 2 aliphatic rings. The zero-order chi connectivity index (χ0) is 29.8. The fraction of sp³-hybridized carbons (Fsp3) is 0.351. The molecule has 0 aromatic heterocycles. The summed E-state index contributed by atoms with van der Waals surface area (Å²) in [6, 6.07) is 40.4. The van der Waals surface area contributed by atoms with Gasteiger partial charge in [0.15, 0.2) is 6.29 Å². The van der Waals surface area contributed by atoms with Crippen molar-refractivity contribution < 1.29 is 33.2 Å². The molecular formula is C37H40O7. The highest BCUT2D eigenvalue weighted by molar-refractivity contribution is 5.16. The van der Waals surface area contributed by atoms with Crippen LogP contribution in [0.4, 0.5) is 0 Å². The Morgan fingerprint density at radius 3 is 1.39 bits per heavy atom. The van der Waals surface area contributed by atoms with Crippen LogP contribution in [0, 0.1) is 0 Å². The van der Waals surface area contributed by atoms with Crippen molar-refractivity contribution in [3.05, 3.63) is 144 Å². The van der Waals surface area contributed by atoms with Crippen molar-refractivity contribution in [3.63, 3.8) is 0 Å². The molecule has 2 heterocycles. The Labute approximate surface area is 259 Å². The third-order valence-corrected chi connectivity index (χ3v) is 7.69. The molecule has 4 aromatic rings. The Hall–Kier alpha value is -3.40. The number of hydrogen-bond acceptors (Lipinski definition) is 7. The second kappa shape index (κ2) is 16.1. The SMILES string of the molecule is c1ccc(COC[C@H]2O[C@H](OC[C@H]3CO3)[C@@H](OCc3ccccc3)[C@@H](OCc3ccccc3)[C@@H]2OCc2ccccc2)cc1. The first-order chi connectivity index (χ1) is 21.8. The van der Waals surface area contributed by atoms with Crippen LogP contribution in [0.25, 0.3) is 0 Å². The fourth-order valence-corrected chi connectivity index (χ4v) is 5.25. The highest BCUT2D eigenvalue weighted by atomic mass is 16.7. The fourth-order valence-electron chi connectivity index (χ4n) is 5.25. The quantitative estimate of drug-likeness (QED) is 0.145. The van der Waals surface area contributed by atoms with Gasteiger partial charge in [-0.1, -0.05) is 121 Å². The van der Waals surface area contributed by atoms with Crippen molar-refractivity contribution in [3.8, 4) is 0 Å². The average molecular weight is 597 g/mol. The molecule has 6 atom stereocenters. The van der Waals surface area contributed by atoms with Crippen LogP contribution in [0.3, 0.4) is 0 Å². The smallest absolute Gasteiger partial charge is 0.187 e. The maximum atomic E-state index is 6.72. The number of epoxide rings is 1. The van der Waals surface area contributed by atoms with E-state index < -0.39 is 30.7 Å². The van der Waals surface area contributed by atoms with Gasteiger partial charge in [0.1, 0.15) is 30.5 Å². The maximum Gasteiger partial charge on any atom is 0.187 e. The second-order valence-corrected chi connectivity index (χ2v) is 11.1. The first-order valence-electron chi connectivity index (χ1n) is 15.3. The van der Waals surface area contributed by atoms with Gasteiger partial charge in [-0.3, -0.25) is 0 Å². The third kappa shape index (κ3) is 9.06. The molecule has 230 valence electrons. The maximum absolute atomic E-state index is 6.72. The first kappa shape index (κ1) is 30.6. The van der Waals surface area contributed by atoms with Crippen molar-refractivity contribution in [2.24, 2.45) is 0 Å². The van der Waals surface area contributed by atoms with E-state index in [-0.39, 0.29) is 6.10 Å². The van der Waals surface area contributed by atoms with E-state index in [0.29, 0.717) is 46.2 Å². The highest BCUT2D eigenvalue weighted by Gasteiger charge is 2.49. The molecule has 7 nitrogen and oxygen atoms in total. The zero-order valence-electron chi connectivity index (χ0n) is 24.8. The average Bonchev–Trinajstić information content (AvgIpc) is 3.92. The standard InChI is InChI=1S/C37H40O7/c1-5-13-28(14-6-1)21-38-27-33-34(40-22-29-15-7-2-8-16-29)35(41-23-30-17-9-3-10-18-30)36(37(44-33)43-26-32-25-39-32)42-24-31-19-11-4-12-20-31/h1-20,32-37H,21-27H2/t32-,33-,34-,35+,36+,37+/m1/s1. The lowest BCUT2D eigenvalue weighted by atomic mass is 9.97. The Balaban J connectivity index is 1.26. The Bertz CT molecular complexity index is 1350. The topological polar surface area (TPSA) is 67.9 Å². The van der Waals surface area contributed by atoms with E-state index in [1.54, 1.807) is 0 Å². The first-order valence-corrected chi connectivity index (χ1v) is 15.3. The number of ether oxygens (including phenoxy) is 7. The van der Waals surface area contributed by atoms with Gasteiger partial charge in [0.2, 0.25) is 0 Å². The van der Waals surface area contributed by atoms with Crippen LogP contribution in [0.2, 0.25) is 0 Å². The third-order valence-electron chi connectivity index (χ3n) is 7.69. The van der Waals surface area contributed by atoms with Gasteiger partial charge in [-0.15, -0.1) is 0 Å². The van der Waals surface area contributed by atoms with Gasteiger partial charge in [0.25, 0.3) is 0 Å². The summed E-state index contributed by atoms with van der Waals surface area (Å²) in [6.07, 6.45) is -2.67. The van der Waals surface area contributed by atoms with Crippen molar-refractivity contribution in [2.45, 2.75) is 63.2 Å². The summed E-state index contributed by atoms with van der Waals surface area (Å²) in [7, 11) is 0. The van der Waals surface area contributed by atoms with E-state index in [0.717, 1.165) is 22.3 Å². The summed E-state index contributed by atoms with van der Waals surface area (Å²) >= 11 is 0. The van der Waals surface area contributed by atoms with E-state index >= 15 is 0 Å². The summed E-state index contributed by atoms with van der Waals surface area (Å²) in [4.78, 5) is 0. The summed E-state index contributed by atoms with van der Waals surface area (Å²) in [5, 5.41) is 0. The normalized spacial score (nSPS) is 24.6. The van der Waals surface area contributed by atoms with Crippen LogP contribution in [-0.2, 0) is 59.6 Å². The minimum atomic E-state index is -0.703. The van der Waals surface area contributed by atoms with Gasteiger partial charge in [0.05, 0.1) is 46.2 Å². The molecule has 0 N–H and O–H groups in total. The molecule has 0 unspecified atom stereocenters. The zero-order valence-corrected chi connectivity index (χ0v) is 24.8. The Kier molecular flexibility index (Phi) is 11.2. The summed E-state index contributed by atoms with van der Waals surface area (Å²) in [5.41, 5.74) is 4.26. The monoisotopic (exact) mass is 596 g/mol. The molecule has 0 aliphatic carbocycles. The van der Waals surface area contributed by atoms with E-state index in [9.17, 15) is 0 Å². The lowest BCUT2D eigenvalue weighted by molar-refractivity contribution is -0.328. The van der Waals surface area contributed by atoms with E-state index in [2.05, 4.69) is 24.3 Å². The van der Waals surface area contributed by atoms with E-state index in [1.165, 1.54) is 0 Å². The van der Waals surface area contributed by atoms with Gasteiger partial charge in [-0.2, -0.15) is 0 Å². The predicted octanol–water partition coefficient (Wildman–Crippen LogP) is 6.10. The van der Waals surface area contributed by atoms with Gasteiger partial charge in [-0.05, 0) is 22.3 Å². The van der Waals surface area contributed by atoms with Gasteiger partial charge in [0, 0.05) is 0 Å². The van der Waals surface area contributed by atoms with Crippen LogP contribution in [-0.4, -0.2) is 56.6 Å². The van der Waals surface area contributed by atoms with Crippen molar-refractivity contribution >= 4 is 0 Å². The van der Waals surface area contributed by atoms with Crippen LogP contribution >= 0.6 is 0 Å². The Morgan fingerprint density at radius 2 is 0.909 bits per heavy atom. The van der Waals surface area contributed by atoms with Gasteiger partial charge < -0.3 is 33.2 Å². The van der Waals surface area contributed by atoms with E-state index in [4.69, 9.17) is 33.2 Å². The van der Waals surface area contributed by atoms with Crippen LogP contribution in [0.1, 0.15) is 22.3 Å². The van der Waals surface area contributed by atoms with Crippen molar-refractivity contribution in [1.82, 2.24) is 0 Å².